The Kier molecular flexibility index (Phi) is 5.45. The predicted octanol–water partition coefficient (Wildman–Crippen LogP) is 1.32. The van der Waals surface area contributed by atoms with Crippen LogP contribution in [0.25, 0.3) is 0 Å². The Bertz CT molecular complexity index is 356. The lowest BCUT2D eigenvalue weighted by Gasteiger charge is -2.10. The molecule has 1 aromatic heterocycles. The van der Waals surface area contributed by atoms with Gasteiger partial charge in [0, 0.05) is 25.7 Å². The zero-order chi connectivity index (χ0) is 12.7. The molecule has 2 N–H and O–H groups in total. The van der Waals surface area contributed by atoms with Crippen LogP contribution in [0.3, 0.4) is 0 Å². The predicted molar refractivity (Wildman–Crippen MR) is 64.8 cm³/mol. The first-order valence-electron chi connectivity index (χ1n) is 5.61. The molecule has 0 saturated carbocycles. The van der Waals surface area contributed by atoms with Crippen LogP contribution in [0.2, 0.25) is 0 Å². The van der Waals surface area contributed by atoms with Crippen LogP contribution in [0.4, 0.5) is 4.39 Å². The van der Waals surface area contributed by atoms with Crippen LogP contribution >= 0.6 is 0 Å². The van der Waals surface area contributed by atoms with Crippen molar-refractivity contribution >= 4 is 5.96 Å². The molecule has 0 aliphatic heterocycles. The van der Waals surface area contributed by atoms with E-state index in [0.29, 0.717) is 25.5 Å². The number of nitrogens with one attached hydrogen (secondary N) is 2. The maximum absolute atomic E-state index is 11.9. The van der Waals surface area contributed by atoms with Gasteiger partial charge in [-0.15, -0.1) is 0 Å². The Hall–Kier alpha value is -1.59. The summed E-state index contributed by atoms with van der Waals surface area (Å²) in [5.74, 6) is 1.45. The number of hydrogen-bond donors (Lipinski definition) is 2. The van der Waals surface area contributed by atoms with Gasteiger partial charge in [-0.25, -0.2) is 0 Å². The molecule has 96 valence electrons. The number of rotatable bonds is 5. The second kappa shape index (κ2) is 6.88. The topological polar surface area (TPSA) is 62.5 Å². The van der Waals surface area contributed by atoms with E-state index in [2.05, 4.69) is 20.8 Å². The van der Waals surface area contributed by atoms with Crippen LogP contribution in [0.15, 0.2) is 9.52 Å². The maximum Gasteiger partial charge on any atom is 0.191 e. The van der Waals surface area contributed by atoms with Gasteiger partial charge in [0.05, 0.1) is 12.4 Å². The summed E-state index contributed by atoms with van der Waals surface area (Å²) in [4.78, 5) is 4.04. The molecule has 0 spiro atoms. The second-order valence-corrected chi connectivity index (χ2v) is 3.70. The largest absolute Gasteiger partial charge is 0.361 e. The zero-order valence-electron chi connectivity index (χ0n) is 10.5. The molecule has 1 rings (SSSR count). The molecule has 0 bridgehead atoms. The molecular weight excluding hydrogens is 223 g/mol. The maximum atomic E-state index is 11.9. The van der Waals surface area contributed by atoms with E-state index < -0.39 is 0 Å². The van der Waals surface area contributed by atoms with Crippen molar-refractivity contribution in [2.24, 2.45) is 4.99 Å². The molecule has 1 aromatic rings. The van der Waals surface area contributed by atoms with Crippen molar-refractivity contribution in [3.63, 3.8) is 0 Å². The first-order chi connectivity index (χ1) is 8.19. The van der Waals surface area contributed by atoms with Crippen molar-refractivity contribution in [1.82, 2.24) is 15.8 Å². The van der Waals surface area contributed by atoms with Gasteiger partial charge in [-0.1, -0.05) is 5.16 Å². The van der Waals surface area contributed by atoms with Crippen molar-refractivity contribution in [3.05, 3.63) is 17.0 Å². The van der Waals surface area contributed by atoms with Crippen LogP contribution in [0.1, 0.15) is 23.4 Å². The molecule has 0 fully saturated rings. The van der Waals surface area contributed by atoms with Crippen molar-refractivity contribution in [3.8, 4) is 0 Å². The first-order valence-corrected chi connectivity index (χ1v) is 5.61. The minimum atomic E-state index is -0.326. The molecule has 0 aromatic carbocycles. The van der Waals surface area contributed by atoms with E-state index in [1.807, 2.05) is 13.8 Å². The van der Waals surface area contributed by atoms with Gasteiger partial charge >= 0.3 is 0 Å². The van der Waals surface area contributed by atoms with Gasteiger partial charge < -0.3 is 15.2 Å². The van der Waals surface area contributed by atoms with E-state index in [1.165, 1.54) is 0 Å². The van der Waals surface area contributed by atoms with E-state index in [0.717, 1.165) is 17.0 Å². The van der Waals surface area contributed by atoms with Crippen LogP contribution in [-0.2, 0) is 6.54 Å². The van der Waals surface area contributed by atoms with Gasteiger partial charge in [0.1, 0.15) is 5.76 Å². The summed E-state index contributed by atoms with van der Waals surface area (Å²) in [6.07, 6.45) is 0.478. The number of aryl methyl sites for hydroxylation is 2. The number of nitrogens with zero attached hydrogens (tertiary/aromatic N) is 2. The van der Waals surface area contributed by atoms with Crippen molar-refractivity contribution in [1.29, 1.82) is 0 Å². The Morgan fingerprint density at radius 2 is 2.18 bits per heavy atom. The summed E-state index contributed by atoms with van der Waals surface area (Å²) in [6.45, 7) is 4.60. The number of aromatic nitrogens is 1. The van der Waals surface area contributed by atoms with Crippen LogP contribution < -0.4 is 10.6 Å². The third-order valence-corrected chi connectivity index (χ3v) is 2.44. The Morgan fingerprint density at radius 3 is 2.71 bits per heavy atom. The minimum absolute atomic E-state index is 0.326. The fourth-order valence-corrected chi connectivity index (χ4v) is 1.42. The molecular formula is C11H19FN4O. The van der Waals surface area contributed by atoms with Crippen LogP contribution in [0.5, 0.6) is 0 Å². The van der Waals surface area contributed by atoms with Gasteiger partial charge in [0.2, 0.25) is 0 Å². The molecule has 0 aliphatic rings. The lowest BCUT2D eigenvalue weighted by atomic mass is 10.2. The number of halogens is 1. The van der Waals surface area contributed by atoms with Gasteiger partial charge in [-0.05, 0) is 20.3 Å². The van der Waals surface area contributed by atoms with Crippen molar-refractivity contribution < 1.29 is 8.91 Å². The summed E-state index contributed by atoms with van der Waals surface area (Å²) in [6, 6.07) is 0. The smallest absolute Gasteiger partial charge is 0.191 e. The summed E-state index contributed by atoms with van der Waals surface area (Å²) >= 11 is 0. The summed E-state index contributed by atoms with van der Waals surface area (Å²) in [5, 5.41) is 10.0. The molecule has 0 aliphatic carbocycles. The summed E-state index contributed by atoms with van der Waals surface area (Å²) < 4.78 is 17.0. The number of alkyl halides is 1. The van der Waals surface area contributed by atoms with Crippen molar-refractivity contribution in [2.45, 2.75) is 26.8 Å². The fraction of sp³-hybridized carbons (Fsp3) is 0.636. The molecule has 1 heterocycles. The average molecular weight is 242 g/mol. The molecule has 5 nitrogen and oxygen atoms in total. The third-order valence-electron chi connectivity index (χ3n) is 2.44. The molecule has 0 radical (unpaired) electrons. The Morgan fingerprint density at radius 1 is 1.41 bits per heavy atom. The monoisotopic (exact) mass is 242 g/mol. The van der Waals surface area contributed by atoms with Crippen LogP contribution in [0, 0.1) is 13.8 Å². The standard InChI is InChI=1S/C11H19FN4O/c1-8-10(9(2)17-16-8)7-15-11(13-3)14-6-4-5-12/h4-7H2,1-3H3,(H2,13,14,15). The SMILES string of the molecule is CN=C(NCCCF)NCc1c(C)noc1C. The quantitative estimate of drug-likeness (QED) is 0.464. The number of guanidine groups is 1. The minimum Gasteiger partial charge on any atom is -0.361 e. The highest BCUT2D eigenvalue weighted by atomic mass is 19.1. The van der Waals surface area contributed by atoms with E-state index in [1.54, 1.807) is 7.05 Å². The normalized spacial score (nSPS) is 11.6. The third kappa shape index (κ3) is 4.05. The Labute approximate surface area is 100 Å². The van der Waals surface area contributed by atoms with Gasteiger partial charge in [-0.3, -0.25) is 9.38 Å². The summed E-state index contributed by atoms with van der Waals surface area (Å²) in [5.41, 5.74) is 1.90. The van der Waals surface area contributed by atoms with E-state index in [9.17, 15) is 4.39 Å². The number of aliphatic imine (C=N–C) groups is 1. The molecule has 0 unspecified atom stereocenters. The van der Waals surface area contributed by atoms with Crippen LogP contribution in [-0.4, -0.2) is 31.4 Å². The van der Waals surface area contributed by atoms with E-state index in [-0.39, 0.29) is 6.67 Å². The molecule has 6 heteroatoms. The fourth-order valence-electron chi connectivity index (χ4n) is 1.42. The number of hydrogen-bond acceptors (Lipinski definition) is 3. The van der Waals surface area contributed by atoms with Crippen molar-refractivity contribution in [2.75, 3.05) is 20.3 Å². The van der Waals surface area contributed by atoms with Gasteiger partial charge in [0.25, 0.3) is 0 Å². The lowest BCUT2D eigenvalue weighted by Crippen LogP contribution is -2.37. The highest BCUT2D eigenvalue weighted by Crippen LogP contribution is 2.11. The highest BCUT2D eigenvalue weighted by molar-refractivity contribution is 5.79. The van der Waals surface area contributed by atoms with Gasteiger partial charge in [0.15, 0.2) is 5.96 Å². The van der Waals surface area contributed by atoms with E-state index >= 15 is 0 Å². The molecule has 17 heavy (non-hydrogen) atoms. The average Bonchev–Trinajstić information content (AvgIpc) is 2.64. The zero-order valence-corrected chi connectivity index (χ0v) is 10.5. The summed E-state index contributed by atoms with van der Waals surface area (Å²) in [7, 11) is 1.68. The first kappa shape index (κ1) is 13.5. The molecule has 0 atom stereocenters. The van der Waals surface area contributed by atoms with E-state index in [4.69, 9.17) is 4.52 Å². The Balaban J connectivity index is 2.43. The molecule has 0 saturated heterocycles. The molecule has 0 amide bonds. The second-order valence-electron chi connectivity index (χ2n) is 3.70. The highest BCUT2D eigenvalue weighted by Gasteiger charge is 2.08. The van der Waals surface area contributed by atoms with Gasteiger partial charge in [-0.2, -0.15) is 0 Å². The lowest BCUT2D eigenvalue weighted by molar-refractivity contribution is 0.392.